The molecule has 0 aromatic carbocycles. The molecule has 2 rings (SSSR count). The molecule has 0 N–H and O–H groups in total. The second kappa shape index (κ2) is 5.84. The van der Waals surface area contributed by atoms with Crippen LogP contribution in [0, 0.1) is 28.6 Å². The van der Waals surface area contributed by atoms with Crippen LogP contribution in [0.1, 0.15) is 38.5 Å². The van der Waals surface area contributed by atoms with Crippen LogP contribution in [0.15, 0.2) is 0 Å². The van der Waals surface area contributed by atoms with E-state index in [1.54, 1.807) is 7.11 Å². The number of hydrogen-bond donors (Lipinski definition) is 0. The van der Waals surface area contributed by atoms with Crippen molar-refractivity contribution in [3.8, 4) is 6.07 Å². The first-order valence-electron chi connectivity index (χ1n) is 6.78. The minimum Gasteiger partial charge on any atom is -0.385 e. The first-order valence-corrected chi connectivity index (χ1v) is 6.78. The van der Waals surface area contributed by atoms with Gasteiger partial charge in [0.05, 0.1) is 11.5 Å². The minimum atomic E-state index is -0.0514. The summed E-state index contributed by atoms with van der Waals surface area (Å²) < 4.78 is 10.6. The Kier molecular flexibility index (Phi) is 4.42. The molecule has 0 aliphatic heterocycles. The van der Waals surface area contributed by atoms with Gasteiger partial charge < -0.3 is 9.47 Å². The van der Waals surface area contributed by atoms with Crippen LogP contribution in [0.5, 0.6) is 0 Å². The van der Waals surface area contributed by atoms with Crippen LogP contribution in [-0.2, 0) is 9.47 Å². The SMILES string of the molecule is COCCCOCCC1(C#N)CC2CCC1C2. The van der Waals surface area contributed by atoms with Gasteiger partial charge in [0.1, 0.15) is 0 Å². The van der Waals surface area contributed by atoms with Crippen molar-refractivity contribution < 1.29 is 9.47 Å². The molecule has 96 valence electrons. The topological polar surface area (TPSA) is 42.2 Å². The molecule has 3 heteroatoms. The molecule has 3 nitrogen and oxygen atoms in total. The standard InChI is InChI=1S/C14H23NO2/c1-16-6-2-7-17-8-5-14(11-15)10-12-3-4-13(14)9-12/h12-13H,2-10H2,1H3. The predicted octanol–water partition coefficient (Wildman–Crippen LogP) is 2.76. The van der Waals surface area contributed by atoms with Crippen molar-refractivity contribution >= 4 is 0 Å². The van der Waals surface area contributed by atoms with E-state index in [2.05, 4.69) is 6.07 Å². The van der Waals surface area contributed by atoms with Crippen LogP contribution in [0.25, 0.3) is 0 Å². The fourth-order valence-corrected chi connectivity index (χ4v) is 3.60. The molecule has 3 atom stereocenters. The molecule has 2 aliphatic carbocycles. The zero-order chi connectivity index (χ0) is 12.1. The van der Waals surface area contributed by atoms with Crippen LogP contribution in [0.4, 0.5) is 0 Å². The molecule has 0 heterocycles. The summed E-state index contributed by atoms with van der Waals surface area (Å²) >= 11 is 0. The highest BCUT2D eigenvalue weighted by molar-refractivity contribution is 5.11. The number of nitrogens with zero attached hydrogens (tertiary/aromatic N) is 1. The molecular formula is C14H23NO2. The molecule has 0 aromatic heterocycles. The van der Waals surface area contributed by atoms with Crippen molar-refractivity contribution in [1.29, 1.82) is 5.26 Å². The Morgan fingerprint density at radius 3 is 2.76 bits per heavy atom. The van der Waals surface area contributed by atoms with Gasteiger partial charge in [-0.2, -0.15) is 5.26 Å². The Labute approximate surface area is 104 Å². The Morgan fingerprint density at radius 2 is 2.18 bits per heavy atom. The van der Waals surface area contributed by atoms with E-state index in [1.165, 1.54) is 19.3 Å². The summed E-state index contributed by atoms with van der Waals surface area (Å²) in [7, 11) is 1.71. The lowest BCUT2D eigenvalue weighted by Crippen LogP contribution is -2.27. The molecule has 2 aliphatic rings. The van der Waals surface area contributed by atoms with Gasteiger partial charge in [0.15, 0.2) is 0 Å². The van der Waals surface area contributed by atoms with Crippen LogP contribution in [0.3, 0.4) is 0 Å². The summed E-state index contributed by atoms with van der Waals surface area (Å²) in [5, 5.41) is 9.45. The molecule has 2 saturated carbocycles. The van der Waals surface area contributed by atoms with E-state index in [0.717, 1.165) is 45.0 Å². The maximum Gasteiger partial charge on any atom is 0.0693 e. The Balaban J connectivity index is 1.69. The number of ether oxygens (including phenoxy) is 2. The molecule has 2 fully saturated rings. The maximum atomic E-state index is 9.45. The lowest BCUT2D eigenvalue weighted by molar-refractivity contribution is 0.0743. The van der Waals surface area contributed by atoms with Crippen molar-refractivity contribution in [1.82, 2.24) is 0 Å². The third-order valence-electron chi connectivity index (χ3n) is 4.53. The number of methoxy groups -OCH3 is 1. The molecule has 0 amide bonds. The summed E-state index contributed by atoms with van der Waals surface area (Å²) in [6.07, 6.45) is 6.90. The van der Waals surface area contributed by atoms with Crippen LogP contribution in [-0.4, -0.2) is 26.9 Å². The highest BCUT2D eigenvalue weighted by atomic mass is 16.5. The summed E-state index contributed by atoms with van der Waals surface area (Å²) in [6, 6.07) is 2.61. The molecule has 0 saturated heterocycles. The first kappa shape index (κ1) is 12.9. The van der Waals surface area contributed by atoms with E-state index in [1.807, 2.05) is 0 Å². The number of hydrogen-bond acceptors (Lipinski definition) is 3. The van der Waals surface area contributed by atoms with E-state index in [9.17, 15) is 5.26 Å². The van der Waals surface area contributed by atoms with Gasteiger partial charge in [0, 0.05) is 26.9 Å². The predicted molar refractivity (Wildman–Crippen MR) is 65.4 cm³/mol. The fourth-order valence-electron chi connectivity index (χ4n) is 3.60. The van der Waals surface area contributed by atoms with E-state index in [0.29, 0.717) is 5.92 Å². The Morgan fingerprint density at radius 1 is 1.29 bits per heavy atom. The molecule has 3 unspecified atom stereocenters. The summed E-state index contributed by atoms with van der Waals surface area (Å²) in [6.45, 7) is 2.25. The summed E-state index contributed by atoms with van der Waals surface area (Å²) in [5.74, 6) is 1.48. The summed E-state index contributed by atoms with van der Waals surface area (Å²) in [5.41, 5.74) is -0.0514. The average Bonchev–Trinajstić information content (AvgIpc) is 2.94. The van der Waals surface area contributed by atoms with Crippen LogP contribution >= 0.6 is 0 Å². The monoisotopic (exact) mass is 237 g/mol. The quantitative estimate of drug-likeness (QED) is 0.639. The summed E-state index contributed by atoms with van der Waals surface area (Å²) in [4.78, 5) is 0. The molecule has 0 radical (unpaired) electrons. The van der Waals surface area contributed by atoms with Gasteiger partial charge in [-0.05, 0) is 43.9 Å². The third kappa shape index (κ3) is 2.81. The van der Waals surface area contributed by atoms with Crippen LogP contribution < -0.4 is 0 Å². The Hall–Kier alpha value is -0.590. The smallest absolute Gasteiger partial charge is 0.0693 e. The molecule has 0 spiro atoms. The van der Waals surface area contributed by atoms with Gasteiger partial charge in [0.2, 0.25) is 0 Å². The van der Waals surface area contributed by atoms with Crippen molar-refractivity contribution in [2.24, 2.45) is 17.3 Å². The van der Waals surface area contributed by atoms with E-state index in [-0.39, 0.29) is 5.41 Å². The maximum absolute atomic E-state index is 9.45. The van der Waals surface area contributed by atoms with Crippen molar-refractivity contribution in [3.05, 3.63) is 0 Å². The highest BCUT2D eigenvalue weighted by Crippen LogP contribution is 2.57. The zero-order valence-corrected chi connectivity index (χ0v) is 10.8. The van der Waals surface area contributed by atoms with E-state index < -0.39 is 0 Å². The average molecular weight is 237 g/mol. The van der Waals surface area contributed by atoms with E-state index >= 15 is 0 Å². The van der Waals surface area contributed by atoms with Gasteiger partial charge in [-0.25, -0.2) is 0 Å². The van der Waals surface area contributed by atoms with Gasteiger partial charge in [-0.1, -0.05) is 6.42 Å². The lowest BCUT2D eigenvalue weighted by atomic mass is 9.72. The van der Waals surface area contributed by atoms with Crippen molar-refractivity contribution in [2.75, 3.05) is 26.9 Å². The van der Waals surface area contributed by atoms with Gasteiger partial charge >= 0.3 is 0 Å². The minimum absolute atomic E-state index is 0.0514. The third-order valence-corrected chi connectivity index (χ3v) is 4.53. The number of rotatable bonds is 7. The first-order chi connectivity index (χ1) is 8.30. The highest BCUT2D eigenvalue weighted by Gasteiger charge is 2.50. The largest absolute Gasteiger partial charge is 0.385 e. The van der Waals surface area contributed by atoms with Crippen LogP contribution in [0.2, 0.25) is 0 Å². The zero-order valence-electron chi connectivity index (χ0n) is 10.8. The normalized spacial score (nSPS) is 35.1. The lowest BCUT2D eigenvalue weighted by Gasteiger charge is -2.30. The molecular weight excluding hydrogens is 214 g/mol. The molecule has 17 heavy (non-hydrogen) atoms. The van der Waals surface area contributed by atoms with E-state index in [4.69, 9.17) is 9.47 Å². The van der Waals surface area contributed by atoms with Gasteiger partial charge in [0.25, 0.3) is 0 Å². The van der Waals surface area contributed by atoms with Gasteiger partial charge in [-0.15, -0.1) is 0 Å². The van der Waals surface area contributed by atoms with Crippen molar-refractivity contribution in [2.45, 2.75) is 38.5 Å². The Bertz CT molecular complexity index is 286. The molecule has 2 bridgehead atoms. The van der Waals surface area contributed by atoms with Crippen molar-refractivity contribution in [3.63, 3.8) is 0 Å². The second-order valence-corrected chi connectivity index (χ2v) is 5.56. The van der Waals surface area contributed by atoms with Gasteiger partial charge in [-0.3, -0.25) is 0 Å². The number of nitriles is 1. The second-order valence-electron chi connectivity index (χ2n) is 5.56. The fraction of sp³-hybridized carbons (Fsp3) is 0.929. The molecule has 0 aromatic rings. The number of fused-ring (bicyclic) bond motifs is 2.